The molecule has 0 unspecified atom stereocenters. The minimum absolute atomic E-state index is 0.0690. The zero-order chi connectivity index (χ0) is 19.6. The molecule has 2 aliphatic rings. The number of hydrogen-bond donors (Lipinski definition) is 1. The SMILES string of the molecule is O=C(CSc1ccc2c(c1)OCCO2)Nc1ccc(-c2nnnn2C2CC2)cc1. The summed E-state index contributed by atoms with van der Waals surface area (Å²) in [5.41, 5.74) is 1.68. The molecule has 9 heteroatoms. The number of carbonyl (C=O) groups excluding carboxylic acids is 1. The molecule has 1 aliphatic carbocycles. The van der Waals surface area contributed by atoms with Crippen LogP contribution in [0.5, 0.6) is 11.5 Å². The van der Waals surface area contributed by atoms with Crippen LogP contribution in [0.2, 0.25) is 0 Å². The third-order valence-electron chi connectivity index (χ3n) is 4.70. The first-order valence-corrected chi connectivity index (χ1v) is 10.5. The second kappa shape index (κ2) is 7.75. The number of tetrazole rings is 1. The summed E-state index contributed by atoms with van der Waals surface area (Å²) >= 11 is 1.46. The van der Waals surface area contributed by atoms with Crippen molar-refractivity contribution < 1.29 is 14.3 Å². The van der Waals surface area contributed by atoms with Crippen LogP contribution in [0.4, 0.5) is 5.69 Å². The predicted octanol–water partition coefficient (Wildman–Crippen LogP) is 3.18. The normalized spacial score (nSPS) is 15.2. The molecule has 2 heterocycles. The quantitative estimate of drug-likeness (QED) is 0.625. The monoisotopic (exact) mass is 409 g/mol. The summed E-state index contributed by atoms with van der Waals surface area (Å²) in [6, 6.07) is 13.7. The van der Waals surface area contributed by atoms with Gasteiger partial charge in [0.2, 0.25) is 5.91 Å². The molecule has 3 aromatic rings. The standard InChI is InChI=1S/C20H19N5O3S/c26-19(12-29-16-7-8-17-18(11-16)28-10-9-27-17)21-14-3-1-13(2-4-14)20-22-23-24-25(20)15-5-6-15/h1-4,7-8,11,15H,5-6,9-10,12H2,(H,21,26). The summed E-state index contributed by atoms with van der Waals surface area (Å²) in [7, 11) is 0. The van der Waals surface area contributed by atoms with Gasteiger partial charge in [0.15, 0.2) is 17.3 Å². The number of rotatable bonds is 6. The number of benzene rings is 2. The fraction of sp³-hybridized carbons (Fsp3) is 0.300. The first-order valence-electron chi connectivity index (χ1n) is 9.47. The Morgan fingerprint density at radius 1 is 1.10 bits per heavy atom. The maximum Gasteiger partial charge on any atom is 0.234 e. The van der Waals surface area contributed by atoms with Crippen LogP contribution < -0.4 is 14.8 Å². The van der Waals surface area contributed by atoms with E-state index in [1.807, 2.05) is 47.1 Å². The molecule has 1 aliphatic heterocycles. The van der Waals surface area contributed by atoms with Crippen LogP contribution in [0.1, 0.15) is 18.9 Å². The van der Waals surface area contributed by atoms with Crippen LogP contribution in [0, 0.1) is 0 Å². The van der Waals surface area contributed by atoms with E-state index in [-0.39, 0.29) is 5.91 Å². The molecule has 0 bridgehead atoms. The minimum atomic E-state index is -0.0690. The average Bonchev–Trinajstić information content (AvgIpc) is 3.49. The molecule has 1 aromatic heterocycles. The lowest BCUT2D eigenvalue weighted by Gasteiger charge is -2.18. The number of amides is 1. The van der Waals surface area contributed by atoms with Crippen LogP contribution in [-0.2, 0) is 4.79 Å². The lowest BCUT2D eigenvalue weighted by molar-refractivity contribution is -0.113. The molecule has 1 N–H and O–H groups in total. The zero-order valence-corrected chi connectivity index (χ0v) is 16.4. The number of thioether (sulfide) groups is 1. The molecule has 29 heavy (non-hydrogen) atoms. The van der Waals surface area contributed by atoms with Gasteiger partial charge >= 0.3 is 0 Å². The van der Waals surface area contributed by atoms with Crippen molar-refractivity contribution >= 4 is 23.4 Å². The highest BCUT2D eigenvalue weighted by Gasteiger charge is 2.28. The molecule has 148 valence electrons. The molecule has 1 fully saturated rings. The van der Waals surface area contributed by atoms with Gasteiger partial charge in [-0.2, -0.15) is 0 Å². The van der Waals surface area contributed by atoms with E-state index < -0.39 is 0 Å². The molecule has 1 amide bonds. The summed E-state index contributed by atoms with van der Waals surface area (Å²) in [5, 5.41) is 14.9. The number of aromatic nitrogens is 4. The second-order valence-electron chi connectivity index (χ2n) is 6.90. The number of ether oxygens (including phenoxy) is 2. The minimum Gasteiger partial charge on any atom is -0.486 e. The van der Waals surface area contributed by atoms with E-state index in [9.17, 15) is 4.79 Å². The van der Waals surface area contributed by atoms with Crippen LogP contribution in [0.3, 0.4) is 0 Å². The Hall–Kier alpha value is -3.07. The van der Waals surface area contributed by atoms with Gasteiger partial charge in [-0.25, -0.2) is 4.68 Å². The van der Waals surface area contributed by atoms with Gasteiger partial charge in [0.1, 0.15) is 13.2 Å². The van der Waals surface area contributed by atoms with E-state index >= 15 is 0 Å². The lowest BCUT2D eigenvalue weighted by atomic mass is 10.2. The number of nitrogens with one attached hydrogen (secondary N) is 1. The highest BCUT2D eigenvalue weighted by molar-refractivity contribution is 8.00. The highest BCUT2D eigenvalue weighted by Crippen LogP contribution is 2.37. The van der Waals surface area contributed by atoms with Gasteiger partial charge in [-0.15, -0.1) is 16.9 Å². The first kappa shape index (κ1) is 18.0. The Bertz CT molecular complexity index is 1030. The molecule has 1 saturated carbocycles. The van der Waals surface area contributed by atoms with Crippen molar-refractivity contribution in [2.24, 2.45) is 0 Å². The first-order chi connectivity index (χ1) is 14.3. The van der Waals surface area contributed by atoms with Crippen molar-refractivity contribution in [3.8, 4) is 22.9 Å². The van der Waals surface area contributed by atoms with Gasteiger partial charge in [0, 0.05) is 16.1 Å². The molecule has 0 atom stereocenters. The largest absolute Gasteiger partial charge is 0.486 e. The molecule has 0 radical (unpaired) electrons. The Labute approximate surface area is 171 Å². The zero-order valence-electron chi connectivity index (χ0n) is 15.6. The highest BCUT2D eigenvalue weighted by atomic mass is 32.2. The third kappa shape index (κ3) is 4.04. The fourth-order valence-corrected chi connectivity index (χ4v) is 3.84. The van der Waals surface area contributed by atoms with Crippen molar-refractivity contribution in [3.05, 3.63) is 42.5 Å². The third-order valence-corrected chi connectivity index (χ3v) is 5.69. The summed E-state index contributed by atoms with van der Waals surface area (Å²) in [5.74, 6) is 2.48. The van der Waals surface area contributed by atoms with Crippen molar-refractivity contribution in [3.63, 3.8) is 0 Å². The Balaban J connectivity index is 1.18. The van der Waals surface area contributed by atoms with E-state index in [0.29, 0.717) is 25.0 Å². The number of fused-ring (bicyclic) bond motifs is 1. The van der Waals surface area contributed by atoms with Crippen molar-refractivity contribution in [1.29, 1.82) is 0 Å². The van der Waals surface area contributed by atoms with E-state index in [1.54, 1.807) is 0 Å². The summed E-state index contributed by atoms with van der Waals surface area (Å²) < 4.78 is 13.0. The van der Waals surface area contributed by atoms with E-state index in [0.717, 1.165) is 46.3 Å². The predicted molar refractivity (Wildman–Crippen MR) is 108 cm³/mol. The number of nitrogens with zero attached hydrogens (tertiary/aromatic N) is 4. The molecule has 5 rings (SSSR count). The lowest BCUT2D eigenvalue weighted by Crippen LogP contribution is -2.15. The van der Waals surface area contributed by atoms with Crippen LogP contribution in [0.25, 0.3) is 11.4 Å². The molecular formula is C20H19N5O3S. The number of carbonyl (C=O) groups is 1. The topological polar surface area (TPSA) is 91.2 Å². The average molecular weight is 409 g/mol. The Morgan fingerprint density at radius 2 is 1.90 bits per heavy atom. The Kier molecular flexibility index (Phi) is 4.81. The summed E-state index contributed by atoms with van der Waals surface area (Å²) in [6.07, 6.45) is 2.24. The number of anilines is 1. The van der Waals surface area contributed by atoms with Crippen molar-refractivity contribution in [2.75, 3.05) is 24.3 Å². The fourth-order valence-electron chi connectivity index (χ4n) is 3.11. The van der Waals surface area contributed by atoms with Crippen molar-refractivity contribution in [2.45, 2.75) is 23.8 Å². The molecule has 8 nitrogen and oxygen atoms in total. The van der Waals surface area contributed by atoms with Crippen LogP contribution >= 0.6 is 11.8 Å². The van der Waals surface area contributed by atoms with E-state index in [1.165, 1.54) is 11.8 Å². The van der Waals surface area contributed by atoms with E-state index in [4.69, 9.17) is 9.47 Å². The van der Waals surface area contributed by atoms with E-state index in [2.05, 4.69) is 20.8 Å². The number of hydrogen-bond acceptors (Lipinski definition) is 7. The summed E-state index contributed by atoms with van der Waals surface area (Å²) in [4.78, 5) is 13.3. The molecular weight excluding hydrogens is 390 g/mol. The maximum atomic E-state index is 12.3. The van der Waals surface area contributed by atoms with Gasteiger partial charge in [-0.1, -0.05) is 0 Å². The molecule has 0 saturated heterocycles. The van der Waals surface area contributed by atoms with Gasteiger partial charge in [0.05, 0.1) is 11.8 Å². The van der Waals surface area contributed by atoms with Gasteiger partial charge < -0.3 is 14.8 Å². The smallest absolute Gasteiger partial charge is 0.234 e. The van der Waals surface area contributed by atoms with Gasteiger partial charge in [0.25, 0.3) is 0 Å². The van der Waals surface area contributed by atoms with Crippen molar-refractivity contribution in [1.82, 2.24) is 20.2 Å². The van der Waals surface area contributed by atoms with Crippen LogP contribution in [-0.4, -0.2) is 45.1 Å². The summed E-state index contributed by atoms with van der Waals surface area (Å²) in [6.45, 7) is 1.11. The molecule has 2 aromatic carbocycles. The second-order valence-corrected chi connectivity index (χ2v) is 7.95. The molecule has 0 spiro atoms. The van der Waals surface area contributed by atoms with Gasteiger partial charge in [-0.3, -0.25) is 4.79 Å². The Morgan fingerprint density at radius 3 is 2.69 bits per heavy atom. The maximum absolute atomic E-state index is 12.3. The van der Waals surface area contributed by atoms with Crippen LogP contribution in [0.15, 0.2) is 47.4 Å². The van der Waals surface area contributed by atoms with Gasteiger partial charge in [-0.05, 0) is 65.7 Å².